The minimum atomic E-state index is -0.107. The van der Waals surface area contributed by atoms with Crippen molar-refractivity contribution in [2.75, 3.05) is 19.0 Å². The van der Waals surface area contributed by atoms with E-state index in [-0.39, 0.29) is 12.0 Å². The predicted octanol–water partition coefficient (Wildman–Crippen LogP) is 1.94. The van der Waals surface area contributed by atoms with Gasteiger partial charge in [0.1, 0.15) is 12.4 Å². The number of carbonyl (C=O) groups excluding carboxylic acids is 1. The van der Waals surface area contributed by atoms with E-state index in [9.17, 15) is 4.79 Å². The Morgan fingerprint density at radius 1 is 1.40 bits per heavy atom. The van der Waals surface area contributed by atoms with Gasteiger partial charge >= 0.3 is 0 Å². The van der Waals surface area contributed by atoms with Crippen molar-refractivity contribution in [3.8, 4) is 11.8 Å². The number of ether oxygens (including phenoxy) is 2. The summed E-state index contributed by atoms with van der Waals surface area (Å²) < 4.78 is 11.1. The molecule has 1 aliphatic rings. The number of likely N-dealkylation sites (tertiary alicyclic amines) is 1. The molecule has 0 saturated carbocycles. The molecule has 2 atom stereocenters. The third kappa shape index (κ3) is 4.64. The maximum Gasteiger partial charge on any atom is 0.223 e. The molecule has 9 heteroatoms. The molecule has 0 bridgehead atoms. The van der Waals surface area contributed by atoms with Crippen LogP contribution in [0, 0.1) is 0 Å². The first-order valence-electron chi connectivity index (χ1n) is 8.02. The number of hydrogen-bond acceptors (Lipinski definition) is 8. The maximum atomic E-state index is 11.1. The Morgan fingerprint density at radius 2 is 2.20 bits per heavy atom. The van der Waals surface area contributed by atoms with Crippen LogP contribution in [0.25, 0.3) is 0 Å². The summed E-state index contributed by atoms with van der Waals surface area (Å²) in [6, 6.07) is 2.08. The van der Waals surface area contributed by atoms with E-state index in [1.165, 1.54) is 24.6 Å². The van der Waals surface area contributed by atoms with Crippen molar-refractivity contribution in [2.45, 2.75) is 39.0 Å². The normalized spacial score (nSPS) is 20.4. The van der Waals surface area contributed by atoms with Crippen molar-refractivity contribution in [3.05, 3.63) is 23.5 Å². The monoisotopic (exact) mass is 363 g/mol. The molecule has 3 heterocycles. The number of amides is 1. The van der Waals surface area contributed by atoms with E-state index in [0.717, 1.165) is 24.4 Å². The largest absolute Gasteiger partial charge is 0.481 e. The van der Waals surface area contributed by atoms with Crippen LogP contribution in [0.2, 0.25) is 0 Å². The van der Waals surface area contributed by atoms with Crippen LogP contribution in [0.15, 0.2) is 18.6 Å². The molecular weight excluding hydrogens is 342 g/mol. The zero-order chi connectivity index (χ0) is 17.8. The van der Waals surface area contributed by atoms with Gasteiger partial charge in [0.2, 0.25) is 17.7 Å². The van der Waals surface area contributed by atoms with Gasteiger partial charge in [-0.2, -0.15) is 0 Å². The van der Waals surface area contributed by atoms with Crippen molar-refractivity contribution in [3.63, 3.8) is 0 Å². The average Bonchev–Trinajstić information content (AvgIpc) is 3.14. The first-order valence-corrected chi connectivity index (χ1v) is 8.84. The molecule has 2 aromatic heterocycles. The van der Waals surface area contributed by atoms with Gasteiger partial charge in [0.15, 0.2) is 5.13 Å². The molecule has 0 aliphatic carbocycles. The molecule has 2 aromatic rings. The summed E-state index contributed by atoms with van der Waals surface area (Å²) in [5.41, 5.74) is 0. The van der Waals surface area contributed by atoms with Gasteiger partial charge in [-0.1, -0.05) is 0 Å². The van der Waals surface area contributed by atoms with Gasteiger partial charge in [0.05, 0.1) is 13.2 Å². The molecule has 1 aliphatic heterocycles. The Bertz CT molecular complexity index is 738. The zero-order valence-electron chi connectivity index (χ0n) is 14.4. The number of nitrogens with one attached hydrogen (secondary N) is 1. The highest BCUT2D eigenvalue weighted by atomic mass is 32.1. The van der Waals surface area contributed by atoms with E-state index in [4.69, 9.17) is 9.47 Å². The quantitative estimate of drug-likeness (QED) is 0.839. The summed E-state index contributed by atoms with van der Waals surface area (Å²) in [6.07, 6.45) is 4.23. The number of methoxy groups -OCH3 is 1. The second-order valence-corrected chi connectivity index (χ2v) is 7.08. The average molecular weight is 363 g/mol. The third-order valence-corrected chi connectivity index (χ3v) is 4.87. The molecular formula is C16H21N5O3S. The molecule has 1 N–H and O–H groups in total. The highest BCUT2D eigenvalue weighted by molar-refractivity contribution is 7.15. The standard InChI is InChI=1S/C16H21N5O3S/c1-10-4-12(24-15-5-14(23-3)18-9-19-15)7-21(10)8-13-6-17-16(25-13)20-11(2)22/h5-6,9-10,12H,4,7-8H2,1-3H3,(H,17,20,22)/t10-,12-/m0/s1. The number of aromatic nitrogens is 3. The molecule has 134 valence electrons. The molecule has 8 nitrogen and oxygen atoms in total. The lowest BCUT2D eigenvalue weighted by atomic mass is 10.2. The number of thiazole rings is 1. The van der Waals surface area contributed by atoms with Crippen molar-refractivity contribution < 1.29 is 14.3 Å². The van der Waals surface area contributed by atoms with Crippen LogP contribution in [0.4, 0.5) is 5.13 Å². The fourth-order valence-corrected chi connectivity index (χ4v) is 3.69. The van der Waals surface area contributed by atoms with Gasteiger partial charge in [-0.05, 0) is 6.92 Å². The Labute approximate surface area is 150 Å². The molecule has 3 rings (SSSR count). The molecule has 1 amide bonds. The van der Waals surface area contributed by atoms with E-state index >= 15 is 0 Å². The van der Waals surface area contributed by atoms with Crippen LogP contribution < -0.4 is 14.8 Å². The molecule has 1 saturated heterocycles. The van der Waals surface area contributed by atoms with Crippen LogP contribution in [0.5, 0.6) is 11.8 Å². The highest BCUT2D eigenvalue weighted by Crippen LogP contribution is 2.27. The lowest BCUT2D eigenvalue weighted by Gasteiger charge is -2.19. The lowest BCUT2D eigenvalue weighted by molar-refractivity contribution is -0.114. The van der Waals surface area contributed by atoms with Crippen molar-refractivity contribution in [1.29, 1.82) is 0 Å². The SMILES string of the molecule is COc1cc(O[C@H]2C[C@H](C)N(Cc3cnc(NC(C)=O)s3)C2)ncn1. The van der Waals surface area contributed by atoms with E-state index in [2.05, 4.69) is 32.1 Å². The Balaban J connectivity index is 1.57. The first-order chi connectivity index (χ1) is 12.0. The topological polar surface area (TPSA) is 89.5 Å². The van der Waals surface area contributed by atoms with Gasteiger partial charge in [0.25, 0.3) is 0 Å². The highest BCUT2D eigenvalue weighted by Gasteiger charge is 2.31. The van der Waals surface area contributed by atoms with Crippen LogP contribution in [-0.2, 0) is 11.3 Å². The van der Waals surface area contributed by atoms with Crippen molar-refractivity contribution >= 4 is 22.4 Å². The Hall–Kier alpha value is -2.26. The fourth-order valence-electron chi connectivity index (χ4n) is 2.81. The lowest BCUT2D eigenvalue weighted by Crippen LogP contribution is -2.27. The molecule has 25 heavy (non-hydrogen) atoms. The summed E-state index contributed by atoms with van der Waals surface area (Å²) in [6.45, 7) is 5.25. The second kappa shape index (κ2) is 7.75. The van der Waals surface area contributed by atoms with E-state index in [0.29, 0.717) is 22.9 Å². The van der Waals surface area contributed by atoms with E-state index < -0.39 is 0 Å². The summed E-state index contributed by atoms with van der Waals surface area (Å²) in [5.74, 6) is 0.906. The van der Waals surface area contributed by atoms with Gasteiger partial charge in [-0.25, -0.2) is 15.0 Å². The van der Waals surface area contributed by atoms with Crippen LogP contribution in [0.1, 0.15) is 25.1 Å². The van der Waals surface area contributed by atoms with Crippen LogP contribution >= 0.6 is 11.3 Å². The number of rotatable bonds is 6. The summed E-state index contributed by atoms with van der Waals surface area (Å²) in [5, 5.41) is 3.35. The Kier molecular flexibility index (Phi) is 5.44. The van der Waals surface area contributed by atoms with Gasteiger partial charge in [0, 0.05) is 43.5 Å². The van der Waals surface area contributed by atoms with E-state index in [1.807, 2.05) is 6.20 Å². The third-order valence-electron chi connectivity index (χ3n) is 3.97. The summed E-state index contributed by atoms with van der Waals surface area (Å²) in [4.78, 5) is 26.9. The molecule has 0 radical (unpaired) electrons. The molecule has 0 spiro atoms. The second-order valence-electron chi connectivity index (χ2n) is 5.97. The zero-order valence-corrected chi connectivity index (χ0v) is 15.2. The van der Waals surface area contributed by atoms with Gasteiger partial charge < -0.3 is 14.8 Å². The summed E-state index contributed by atoms with van der Waals surface area (Å²) >= 11 is 1.50. The number of hydrogen-bond donors (Lipinski definition) is 1. The fraction of sp³-hybridized carbons (Fsp3) is 0.500. The minimum absolute atomic E-state index is 0.0670. The Morgan fingerprint density at radius 3 is 2.96 bits per heavy atom. The summed E-state index contributed by atoms with van der Waals surface area (Å²) in [7, 11) is 1.57. The van der Waals surface area contributed by atoms with Gasteiger partial charge in [-0.15, -0.1) is 11.3 Å². The maximum absolute atomic E-state index is 11.1. The number of nitrogens with zero attached hydrogens (tertiary/aromatic N) is 4. The molecule has 1 fully saturated rings. The first kappa shape index (κ1) is 17.6. The van der Waals surface area contributed by atoms with Crippen LogP contribution in [-0.4, -0.2) is 51.6 Å². The van der Waals surface area contributed by atoms with Crippen molar-refractivity contribution in [2.24, 2.45) is 0 Å². The number of anilines is 1. The minimum Gasteiger partial charge on any atom is -0.481 e. The predicted molar refractivity (Wildman–Crippen MR) is 93.9 cm³/mol. The van der Waals surface area contributed by atoms with Crippen LogP contribution in [0.3, 0.4) is 0 Å². The van der Waals surface area contributed by atoms with Gasteiger partial charge in [-0.3, -0.25) is 9.69 Å². The molecule has 0 aromatic carbocycles. The van der Waals surface area contributed by atoms with Crippen molar-refractivity contribution in [1.82, 2.24) is 19.9 Å². The smallest absolute Gasteiger partial charge is 0.223 e. The number of carbonyl (C=O) groups is 1. The molecule has 0 unspecified atom stereocenters. The van der Waals surface area contributed by atoms with E-state index in [1.54, 1.807) is 13.2 Å².